The van der Waals surface area contributed by atoms with E-state index >= 15 is 0 Å². The number of aryl methyl sites for hydroxylation is 1. The third kappa shape index (κ3) is 3.61. The van der Waals surface area contributed by atoms with Crippen LogP contribution in [0.2, 0.25) is 0 Å². The minimum absolute atomic E-state index is 0.503. The summed E-state index contributed by atoms with van der Waals surface area (Å²) in [5.74, 6) is 0. The Morgan fingerprint density at radius 1 is 1.47 bits per heavy atom. The smallest absolute Gasteiger partial charge is 0.0944 e. The molecule has 0 N–H and O–H groups in total. The summed E-state index contributed by atoms with van der Waals surface area (Å²) >= 11 is 1.69. The molecule has 0 saturated heterocycles. The van der Waals surface area contributed by atoms with Crippen LogP contribution in [0.15, 0.2) is 0 Å². The van der Waals surface area contributed by atoms with Gasteiger partial charge in [-0.2, -0.15) is 5.26 Å². The summed E-state index contributed by atoms with van der Waals surface area (Å²) in [6.07, 6.45) is 2.41. The number of hydrogen-bond donors (Lipinski definition) is 0. The fourth-order valence-electron chi connectivity index (χ4n) is 1.35. The fraction of sp³-hybridized carbons (Fsp3) is 0.636. The van der Waals surface area contributed by atoms with Crippen LogP contribution in [0.3, 0.4) is 0 Å². The Balaban J connectivity index is 2.70. The van der Waals surface area contributed by atoms with Crippen LogP contribution in [0.5, 0.6) is 0 Å². The van der Waals surface area contributed by atoms with Gasteiger partial charge < -0.3 is 4.90 Å². The van der Waals surface area contributed by atoms with Gasteiger partial charge in [0.25, 0.3) is 0 Å². The Labute approximate surface area is 95.4 Å². The first-order valence-electron chi connectivity index (χ1n) is 5.16. The lowest BCUT2D eigenvalue weighted by Crippen LogP contribution is -2.14. The van der Waals surface area contributed by atoms with Gasteiger partial charge in [0.1, 0.15) is 0 Å². The Morgan fingerprint density at radius 2 is 2.20 bits per heavy atom. The molecule has 0 amide bonds. The van der Waals surface area contributed by atoms with E-state index in [1.807, 2.05) is 0 Å². The zero-order valence-electron chi connectivity index (χ0n) is 9.58. The van der Waals surface area contributed by atoms with Gasteiger partial charge >= 0.3 is 0 Å². The molecule has 1 heterocycles. The number of nitrogens with zero attached hydrogens (tertiary/aromatic N) is 3. The number of nitriles is 1. The van der Waals surface area contributed by atoms with Crippen molar-refractivity contribution in [1.29, 1.82) is 5.26 Å². The lowest BCUT2D eigenvalue weighted by Gasteiger charge is -2.06. The Kier molecular flexibility index (Phi) is 4.73. The second-order valence-corrected chi connectivity index (χ2v) is 4.89. The van der Waals surface area contributed by atoms with Crippen LogP contribution in [0, 0.1) is 11.3 Å². The third-order valence-corrected chi connectivity index (χ3v) is 3.33. The molecule has 4 heteroatoms. The number of aromatic nitrogens is 1. The molecule has 0 aromatic carbocycles. The highest BCUT2D eigenvalue weighted by atomic mass is 32.1. The Bertz CT molecular complexity index is 349. The van der Waals surface area contributed by atoms with Crippen LogP contribution >= 0.6 is 11.3 Å². The number of likely N-dealkylation sites (N-methyl/N-ethyl adjacent to an activating group) is 1. The molecule has 0 radical (unpaired) electrons. The van der Waals surface area contributed by atoms with Crippen molar-refractivity contribution in [3.05, 3.63) is 15.6 Å². The largest absolute Gasteiger partial charge is 0.309 e. The first kappa shape index (κ1) is 12.2. The second-order valence-electron chi connectivity index (χ2n) is 3.72. The van der Waals surface area contributed by atoms with Gasteiger partial charge in [0.15, 0.2) is 0 Å². The first-order valence-corrected chi connectivity index (χ1v) is 5.98. The standard InChI is InChI=1S/C11H17N3S/c1-4-9-10(5-7-12)15-11(13-9)6-8-14(2)3/h4-6,8H2,1-3H3. The minimum atomic E-state index is 0.503. The van der Waals surface area contributed by atoms with Crippen LogP contribution in [0.1, 0.15) is 22.5 Å². The Morgan fingerprint density at radius 3 is 2.73 bits per heavy atom. The summed E-state index contributed by atoms with van der Waals surface area (Å²) in [4.78, 5) is 7.86. The van der Waals surface area contributed by atoms with E-state index in [0.717, 1.165) is 35.0 Å². The van der Waals surface area contributed by atoms with E-state index in [1.54, 1.807) is 11.3 Å². The molecule has 0 unspecified atom stereocenters. The quantitative estimate of drug-likeness (QED) is 0.765. The molecule has 82 valence electrons. The first-order chi connectivity index (χ1) is 7.17. The Hall–Kier alpha value is -0.920. The van der Waals surface area contributed by atoms with Gasteiger partial charge in [-0.15, -0.1) is 11.3 Å². The fourth-order valence-corrected chi connectivity index (χ4v) is 2.43. The van der Waals surface area contributed by atoms with Gasteiger partial charge in [0.05, 0.1) is 23.2 Å². The predicted octanol–water partition coefficient (Wildman–Crippen LogP) is 1.88. The van der Waals surface area contributed by atoms with Gasteiger partial charge in [-0.1, -0.05) is 6.92 Å². The molecule has 0 spiro atoms. The van der Waals surface area contributed by atoms with Gasteiger partial charge in [-0.3, -0.25) is 0 Å². The van der Waals surface area contributed by atoms with E-state index in [4.69, 9.17) is 5.26 Å². The SMILES string of the molecule is CCc1nc(CCN(C)C)sc1CC#N. The van der Waals surface area contributed by atoms with Crippen molar-refractivity contribution in [2.75, 3.05) is 20.6 Å². The monoisotopic (exact) mass is 223 g/mol. The lowest BCUT2D eigenvalue weighted by molar-refractivity contribution is 0.413. The van der Waals surface area contributed by atoms with Crippen molar-refractivity contribution in [1.82, 2.24) is 9.88 Å². The lowest BCUT2D eigenvalue weighted by atomic mass is 10.2. The molecule has 1 aromatic rings. The molecule has 0 aliphatic heterocycles. The summed E-state index contributed by atoms with van der Waals surface area (Å²) in [5, 5.41) is 9.85. The minimum Gasteiger partial charge on any atom is -0.309 e. The normalized spacial score (nSPS) is 10.6. The molecule has 0 saturated carbocycles. The van der Waals surface area contributed by atoms with E-state index in [2.05, 4.69) is 37.0 Å². The molecular formula is C11H17N3S. The highest BCUT2D eigenvalue weighted by Gasteiger charge is 2.09. The molecule has 3 nitrogen and oxygen atoms in total. The number of hydrogen-bond acceptors (Lipinski definition) is 4. The molecule has 15 heavy (non-hydrogen) atoms. The van der Waals surface area contributed by atoms with E-state index in [1.165, 1.54) is 0 Å². The highest BCUT2D eigenvalue weighted by Crippen LogP contribution is 2.20. The molecule has 0 aliphatic rings. The maximum absolute atomic E-state index is 8.69. The number of rotatable bonds is 5. The van der Waals surface area contributed by atoms with Gasteiger partial charge in [-0.25, -0.2) is 4.98 Å². The van der Waals surface area contributed by atoms with Crippen molar-refractivity contribution >= 4 is 11.3 Å². The van der Waals surface area contributed by atoms with Crippen molar-refractivity contribution in [2.24, 2.45) is 0 Å². The van der Waals surface area contributed by atoms with Gasteiger partial charge in [0.2, 0.25) is 0 Å². The van der Waals surface area contributed by atoms with E-state index < -0.39 is 0 Å². The molecule has 0 bridgehead atoms. The summed E-state index contributed by atoms with van der Waals surface area (Å²) in [6.45, 7) is 3.11. The highest BCUT2D eigenvalue weighted by molar-refractivity contribution is 7.11. The average molecular weight is 223 g/mol. The van der Waals surface area contributed by atoms with Crippen molar-refractivity contribution in [2.45, 2.75) is 26.2 Å². The zero-order valence-corrected chi connectivity index (χ0v) is 10.4. The third-order valence-electron chi connectivity index (χ3n) is 2.17. The topological polar surface area (TPSA) is 39.9 Å². The van der Waals surface area contributed by atoms with E-state index in [0.29, 0.717) is 6.42 Å². The van der Waals surface area contributed by atoms with Crippen LogP contribution in [-0.2, 0) is 19.3 Å². The molecule has 1 rings (SSSR count). The predicted molar refractivity (Wildman–Crippen MR) is 63.1 cm³/mol. The molecular weight excluding hydrogens is 206 g/mol. The van der Waals surface area contributed by atoms with Gasteiger partial charge in [0, 0.05) is 17.8 Å². The van der Waals surface area contributed by atoms with Crippen LogP contribution in [0.25, 0.3) is 0 Å². The summed E-state index contributed by atoms with van der Waals surface area (Å²) in [7, 11) is 4.12. The summed E-state index contributed by atoms with van der Waals surface area (Å²) in [6, 6.07) is 2.20. The summed E-state index contributed by atoms with van der Waals surface area (Å²) < 4.78 is 0. The van der Waals surface area contributed by atoms with Crippen molar-refractivity contribution in [3.63, 3.8) is 0 Å². The molecule has 1 aromatic heterocycles. The average Bonchev–Trinajstić information content (AvgIpc) is 2.58. The van der Waals surface area contributed by atoms with E-state index in [-0.39, 0.29) is 0 Å². The molecule has 0 fully saturated rings. The maximum Gasteiger partial charge on any atom is 0.0944 e. The van der Waals surface area contributed by atoms with Gasteiger partial charge in [-0.05, 0) is 20.5 Å². The molecule has 0 atom stereocenters. The van der Waals surface area contributed by atoms with Crippen molar-refractivity contribution in [3.8, 4) is 6.07 Å². The zero-order chi connectivity index (χ0) is 11.3. The maximum atomic E-state index is 8.69. The van der Waals surface area contributed by atoms with Crippen LogP contribution in [-0.4, -0.2) is 30.5 Å². The molecule has 0 aliphatic carbocycles. The number of thiazole rings is 1. The summed E-state index contributed by atoms with van der Waals surface area (Å²) in [5.41, 5.74) is 1.11. The van der Waals surface area contributed by atoms with Crippen LogP contribution in [0.4, 0.5) is 0 Å². The van der Waals surface area contributed by atoms with Crippen molar-refractivity contribution < 1.29 is 0 Å². The van der Waals surface area contributed by atoms with E-state index in [9.17, 15) is 0 Å². The van der Waals surface area contributed by atoms with Crippen LogP contribution < -0.4 is 0 Å². The second kappa shape index (κ2) is 5.84.